The van der Waals surface area contributed by atoms with Crippen molar-refractivity contribution in [3.8, 4) is 0 Å². The van der Waals surface area contributed by atoms with Gasteiger partial charge in [-0.2, -0.15) is 0 Å². The monoisotopic (exact) mass is 287 g/mol. The van der Waals surface area contributed by atoms with Crippen LogP contribution in [0.2, 0.25) is 0 Å². The molecule has 0 spiro atoms. The van der Waals surface area contributed by atoms with Gasteiger partial charge in [0.15, 0.2) is 0 Å². The van der Waals surface area contributed by atoms with Gasteiger partial charge in [0.1, 0.15) is 0 Å². The molecule has 2 heteroatoms. The quantitative estimate of drug-likeness (QED) is 0.879. The van der Waals surface area contributed by atoms with E-state index in [1.165, 1.54) is 30.4 Å². The molecule has 2 aliphatic carbocycles. The van der Waals surface area contributed by atoms with E-state index in [-0.39, 0.29) is 0 Å². The molecule has 2 aliphatic rings. The zero-order chi connectivity index (χ0) is 15.1. The first-order chi connectivity index (χ1) is 9.95. The lowest BCUT2D eigenvalue weighted by molar-refractivity contribution is 0.108. The van der Waals surface area contributed by atoms with E-state index in [2.05, 4.69) is 50.4 Å². The molecule has 2 bridgehead atoms. The molecule has 2 nitrogen and oxygen atoms in total. The lowest BCUT2D eigenvalue weighted by Crippen LogP contribution is -2.49. The van der Waals surface area contributed by atoms with Crippen molar-refractivity contribution in [3.63, 3.8) is 0 Å². The minimum Gasteiger partial charge on any atom is -0.380 e. The Morgan fingerprint density at radius 2 is 2.00 bits per heavy atom. The van der Waals surface area contributed by atoms with Crippen LogP contribution in [0.15, 0.2) is 24.3 Å². The van der Waals surface area contributed by atoms with Crippen molar-refractivity contribution in [1.29, 1.82) is 0 Å². The minimum absolute atomic E-state index is 0.428. The summed E-state index contributed by atoms with van der Waals surface area (Å²) in [6, 6.07) is 9.39. The number of nitrogens with one attached hydrogen (secondary N) is 1. The predicted octanol–water partition coefficient (Wildman–Crippen LogP) is 4.14. The van der Waals surface area contributed by atoms with Gasteiger partial charge in [0.2, 0.25) is 0 Å². The molecule has 3 atom stereocenters. The van der Waals surface area contributed by atoms with Crippen LogP contribution in [0.1, 0.15) is 51.2 Å². The summed E-state index contributed by atoms with van der Waals surface area (Å²) in [5.74, 6) is 0.903. The molecule has 116 valence electrons. The van der Waals surface area contributed by atoms with E-state index in [9.17, 15) is 0 Å². The fourth-order valence-corrected chi connectivity index (χ4v) is 5.03. The van der Waals surface area contributed by atoms with E-state index < -0.39 is 0 Å². The fraction of sp³-hybridized carbons (Fsp3) is 0.684. The van der Waals surface area contributed by atoms with E-state index in [0.717, 1.165) is 12.5 Å². The number of rotatable bonds is 5. The molecule has 0 aromatic heterocycles. The van der Waals surface area contributed by atoms with Crippen molar-refractivity contribution in [2.75, 3.05) is 7.11 Å². The first-order valence-electron chi connectivity index (χ1n) is 8.26. The Bertz CT molecular complexity index is 505. The smallest absolute Gasteiger partial charge is 0.0713 e. The Labute approximate surface area is 129 Å². The minimum atomic E-state index is 0.428. The molecular formula is C19H29NO. The van der Waals surface area contributed by atoms with Gasteiger partial charge in [0.25, 0.3) is 0 Å². The number of hydrogen-bond donors (Lipinski definition) is 1. The van der Waals surface area contributed by atoms with Crippen LogP contribution in [0, 0.1) is 16.7 Å². The van der Waals surface area contributed by atoms with Gasteiger partial charge in [-0.25, -0.2) is 0 Å². The molecule has 1 aromatic rings. The molecule has 3 rings (SSSR count). The molecule has 2 saturated carbocycles. The highest BCUT2D eigenvalue weighted by atomic mass is 16.5. The van der Waals surface area contributed by atoms with E-state index in [4.69, 9.17) is 4.74 Å². The molecule has 3 unspecified atom stereocenters. The molecular weight excluding hydrogens is 258 g/mol. The summed E-state index contributed by atoms with van der Waals surface area (Å²) in [4.78, 5) is 0. The van der Waals surface area contributed by atoms with Crippen molar-refractivity contribution < 1.29 is 4.74 Å². The summed E-state index contributed by atoms with van der Waals surface area (Å²) in [6.45, 7) is 9.07. The zero-order valence-corrected chi connectivity index (χ0v) is 13.9. The van der Waals surface area contributed by atoms with Crippen LogP contribution in [0.3, 0.4) is 0 Å². The Morgan fingerprint density at radius 3 is 2.67 bits per heavy atom. The topological polar surface area (TPSA) is 21.3 Å². The van der Waals surface area contributed by atoms with Crippen LogP contribution in [0.25, 0.3) is 0 Å². The second-order valence-corrected chi connectivity index (χ2v) is 7.98. The summed E-state index contributed by atoms with van der Waals surface area (Å²) in [5, 5.41) is 3.89. The first-order valence-corrected chi connectivity index (χ1v) is 8.26. The summed E-state index contributed by atoms with van der Waals surface area (Å²) in [6.07, 6.45) is 4.22. The fourth-order valence-electron chi connectivity index (χ4n) is 5.03. The van der Waals surface area contributed by atoms with E-state index in [1.807, 2.05) is 0 Å². The summed E-state index contributed by atoms with van der Waals surface area (Å²) in [7, 11) is 1.75. The van der Waals surface area contributed by atoms with Crippen molar-refractivity contribution in [3.05, 3.63) is 35.4 Å². The van der Waals surface area contributed by atoms with Crippen LogP contribution in [-0.4, -0.2) is 13.2 Å². The van der Waals surface area contributed by atoms with Crippen LogP contribution in [0.4, 0.5) is 0 Å². The normalized spacial score (nSPS) is 33.5. The van der Waals surface area contributed by atoms with E-state index in [1.54, 1.807) is 7.11 Å². The average molecular weight is 287 g/mol. The van der Waals surface area contributed by atoms with Crippen LogP contribution >= 0.6 is 0 Å². The van der Waals surface area contributed by atoms with Gasteiger partial charge in [0, 0.05) is 19.7 Å². The average Bonchev–Trinajstić information content (AvgIpc) is 2.90. The lowest BCUT2D eigenvalue weighted by Gasteiger charge is -2.43. The van der Waals surface area contributed by atoms with Gasteiger partial charge in [-0.3, -0.25) is 0 Å². The molecule has 0 heterocycles. The first kappa shape index (κ1) is 15.1. The van der Waals surface area contributed by atoms with Crippen LogP contribution in [0.5, 0.6) is 0 Å². The molecule has 0 aliphatic heterocycles. The second-order valence-electron chi connectivity index (χ2n) is 7.98. The Morgan fingerprint density at radius 1 is 1.24 bits per heavy atom. The van der Waals surface area contributed by atoms with Crippen LogP contribution in [-0.2, 0) is 17.9 Å². The lowest BCUT2D eigenvalue weighted by atomic mass is 9.68. The largest absolute Gasteiger partial charge is 0.380 e. The summed E-state index contributed by atoms with van der Waals surface area (Å²) in [5.41, 5.74) is 3.55. The highest BCUT2D eigenvalue weighted by molar-refractivity contribution is 5.23. The number of benzene rings is 1. The number of hydrogen-bond acceptors (Lipinski definition) is 2. The Balaban J connectivity index is 1.69. The Hall–Kier alpha value is -0.860. The highest BCUT2D eigenvalue weighted by Gasteiger charge is 2.58. The SMILES string of the molecule is COCc1cccc(CNC2C3(C)CCC(C3)C2(C)C)c1. The third-order valence-electron chi connectivity index (χ3n) is 6.08. The number of ether oxygens (including phenoxy) is 1. The second kappa shape index (κ2) is 5.40. The maximum absolute atomic E-state index is 5.23. The van der Waals surface area contributed by atoms with Gasteiger partial charge < -0.3 is 10.1 Å². The maximum atomic E-state index is 5.23. The highest BCUT2D eigenvalue weighted by Crippen LogP contribution is 2.62. The molecule has 0 radical (unpaired) electrons. The third kappa shape index (κ3) is 2.64. The summed E-state index contributed by atoms with van der Waals surface area (Å²) < 4.78 is 5.23. The van der Waals surface area contributed by atoms with Crippen molar-refractivity contribution in [1.82, 2.24) is 5.32 Å². The standard InChI is InChI=1S/C19H29NO/c1-18(2)16-8-9-19(3,11-16)17(18)20-12-14-6-5-7-15(10-14)13-21-4/h5-7,10,16-17,20H,8-9,11-13H2,1-4H3. The van der Waals surface area contributed by atoms with Crippen molar-refractivity contribution >= 4 is 0 Å². The molecule has 0 saturated heterocycles. The predicted molar refractivity (Wildman–Crippen MR) is 87.0 cm³/mol. The maximum Gasteiger partial charge on any atom is 0.0713 e. The Kier molecular flexibility index (Phi) is 3.87. The molecule has 1 aromatic carbocycles. The van der Waals surface area contributed by atoms with E-state index >= 15 is 0 Å². The van der Waals surface area contributed by atoms with Crippen LogP contribution < -0.4 is 5.32 Å². The van der Waals surface area contributed by atoms with Gasteiger partial charge in [-0.05, 0) is 47.1 Å². The van der Waals surface area contributed by atoms with Gasteiger partial charge >= 0.3 is 0 Å². The van der Waals surface area contributed by atoms with Gasteiger partial charge in [-0.15, -0.1) is 0 Å². The molecule has 2 fully saturated rings. The zero-order valence-electron chi connectivity index (χ0n) is 13.9. The van der Waals surface area contributed by atoms with Gasteiger partial charge in [-0.1, -0.05) is 45.0 Å². The van der Waals surface area contributed by atoms with E-state index in [0.29, 0.717) is 23.5 Å². The van der Waals surface area contributed by atoms with Crippen molar-refractivity contribution in [2.24, 2.45) is 16.7 Å². The van der Waals surface area contributed by atoms with Gasteiger partial charge in [0.05, 0.1) is 6.61 Å². The molecule has 1 N–H and O–H groups in total. The molecule has 21 heavy (non-hydrogen) atoms. The number of methoxy groups -OCH3 is 1. The third-order valence-corrected chi connectivity index (χ3v) is 6.08. The number of fused-ring (bicyclic) bond motifs is 2. The molecule has 0 amide bonds. The van der Waals surface area contributed by atoms with Crippen molar-refractivity contribution in [2.45, 2.75) is 59.2 Å². The summed E-state index contributed by atoms with van der Waals surface area (Å²) >= 11 is 0.